The lowest BCUT2D eigenvalue weighted by Gasteiger charge is -2.12. The highest BCUT2D eigenvalue weighted by atomic mass is 16.5. The lowest BCUT2D eigenvalue weighted by Crippen LogP contribution is -2.08. The van der Waals surface area contributed by atoms with Crippen LogP contribution >= 0.6 is 0 Å². The van der Waals surface area contributed by atoms with Gasteiger partial charge in [0.25, 0.3) is 0 Å². The lowest BCUT2D eigenvalue weighted by atomic mass is 9.96. The minimum atomic E-state index is -0.145. The number of carbonyl (C=O) groups is 1. The highest BCUT2D eigenvalue weighted by molar-refractivity contribution is 5.70. The quantitative estimate of drug-likeness (QED) is 0.775. The number of carbonyl (C=O) groups excluding carboxylic acids is 1. The molecule has 0 spiro atoms. The summed E-state index contributed by atoms with van der Waals surface area (Å²) in [5.41, 5.74) is 7.80. The highest BCUT2D eigenvalue weighted by Gasteiger charge is 2.11. The summed E-state index contributed by atoms with van der Waals surface area (Å²) >= 11 is 0. The number of benzene rings is 1. The predicted octanol–water partition coefficient (Wildman–Crippen LogP) is 2.20. The van der Waals surface area contributed by atoms with Gasteiger partial charge in [0.2, 0.25) is 0 Å². The van der Waals surface area contributed by atoms with Crippen LogP contribution in [0.15, 0.2) is 24.3 Å². The number of nitrogens with two attached hydrogens (primary N) is 1. The van der Waals surface area contributed by atoms with E-state index >= 15 is 0 Å². The van der Waals surface area contributed by atoms with Gasteiger partial charge in [-0.05, 0) is 24.0 Å². The summed E-state index contributed by atoms with van der Waals surface area (Å²) in [5.74, 6) is 0.0266. The SMILES string of the molecule is CCOC(=O)CC(C)c1cccc(CN)c1. The molecule has 0 radical (unpaired) electrons. The molecule has 16 heavy (non-hydrogen) atoms. The van der Waals surface area contributed by atoms with Gasteiger partial charge < -0.3 is 10.5 Å². The summed E-state index contributed by atoms with van der Waals surface area (Å²) in [6.07, 6.45) is 0.419. The number of ether oxygens (including phenoxy) is 1. The van der Waals surface area contributed by atoms with E-state index in [4.69, 9.17) is 10.5 Å². The molecule has 1 rings (SSSR count). The molecule has 0 aliphatic rings. The van der Waals surface area contributed by atoms with Crippen LogP contribution in [0.4, 0.5) is 0 Å². The van der Waals surface area contributed by atoms with Gasteiger partial charge in [-0.25, -0.2) is 0 Å². The van der Waals surface area contributed by atoms with Crippen LogP contribution in [0.3, 0.4) is 0 Å². The summed E-state index contributed by atoms with van der Waals surface area (Å²) in [7, 11) is 0. The van der Waals surface area contributed by atoms with E-state index in [-0.39, 0.29) is 11.9 Å². The van der Waals surface area contributed by atoms with Gasteiger partial charge in [0, 0.05) is 6.54 Å². The third-order valence-corrected chi connectivity index (χ3v) is 2.53. The van der Waals surface area contributed by atoms with Crippen molar-refractivity contribution < 1.29 is 9.53 Å². The van der Waals surface area contributed by atoms with Crippen LogP contribution in [0, 0.1) is 0 Å². The molecule has 1 aromatic carbocycles. The van der Waals surface area contributed by atoms with Gasteiger partial charge in [-0.1, -0.05) is 31.2 Å². The van der Waals surface area contributed by atoms with E-state index in [1.54, 1.807) is 0 Å². The molecule has 0 bridgehead atoms. The van der Waals surface area contributed by atoms with E-state index in [1.807, 2.05) is 38.1 Å². The molecule has 0 heterocycles. The Morgan fingerprint density at radius 3 is 2.88 bits per heavy atom. The largest absolute Gasteiger partial charge is 0.466 e. The van der Waals surface area contributed by atoms with Crippen molar-refractivity contribution in [3.8, 4) is 0 Å². The first-order valence-electron chi connectivity index (χ1n) is 5.62. The molecule has 3 nitrogen and oxygen atoms in total. The first kappa shape index (κ1) is 12.7. The minimum Gasteiger partial charge on any atom is -0.466 e. The molecule has 0 aliphatic heterocycles. The zero-order chi connectivity index (χ0) is 12.0. The summed E-state index contributed by atoms with van der Waals surface area (Å²) in [6.45, 7) is 4.80. The second-order valence-electron chi connectivity index (χ2n) is 3.86. The Morgan fingerprint density at radius 2 is 2.25 bits per heavy atom. The van der Waals surface area contributed by atoms with Crippen LogP contribution in [0.25, 0.3) is 0 Å². The Morgan fingerprint density at radius 1 is 1.50 bits per heavy atom. The molecule has 1 unspecified atom stereocenters. The molecular formula is C13H19NO2. The fourth-order valence-corrected chi connectivity index (χ4v) is 1.61. The van der Waals surface area contributed by atoms with E-state index < -0.39 is 0 Å². The van der Waals surface area contributed by atoms with Crippen molar-refractivity contribution in [1.29, 1.82) is 0 Å². The first-order chi connectivity index (χ1) is 7.67. The summed E-state index contributed by atoms with van der Waals surface area (Å²) in [6, 6.07) is 8.02. The Hall–Kier alpha value is -1.35. The smallest absolute Gasteiger partial charge is 0.306 e. The van der Waals surface area contributed by atoms with Gasteiger partial charge in [0.15, 0.2) is 0 Å². The standard InChI is InChI=1S/C13H19NO2/c1-3-16-13(15)7-10(2)12-6-4-5-11(8-12)9-14/h4-6,8,10H,3,7,9,14H2,1-2H3. The highest BCUT2D eigenvalue weighted by Crippen LogP contribution is 2.20. The van der Waals surface area contributed by atoms with Crippen LogP contribution in [-0.4, -0.2) is 12.6 Å². The van der Waals surface area contributed by atoms with Crippen molar-refractivity contribution in [1.82, 2.24) is 0 Å². The maximum atomic E-state index is 11.3. The van der Waals surface area contributed by atoms with Crippen molar-refractivity contribution in [3.05, 3.63) is 35.4 Å². The van der Waals surface area contributed by atoms with E-state index in [0.717, 1.165) is 11.1 Å². The maximum Gasteiger partial charge on any atom is 0.306 e. The third kappa shape index (κ3) is 3.66. The monoisotopic (exact) mass is 221 g/mol. The Balaban J connectivity index is 2.64. The fraction of sp³-hybridized carbons (Fsp3) is 0.462. The molecule has 0 fully saturated rings. The van der Waals surface area contributed by atoms with Gasteiger partial charge in [0.05, 0.1) is 13.0 Å². The van der Waals surface area contributed by atoms with Crippen LogP contribution in [0.2, 0.25) is 0 Å². The molecule has 1 atom stereocenters. The second kappa shape index (κ2) is 6.28. The molecule has 88 valence electrons. The van der Waals surface area contributed by atoms with Gasteiger partial charge >= 0.3 is 5.97 Å². The third-order valence-electron chi connectivity index (χ3n) is 2.53. The topological polar surface area (TPSA) is 52.3 Å². The van der Waals surface area contributed by atoms with Gasteiger partial charge in [-0.2, -0.15) is 0 Å². The second-order valence-corrected chi connectivity index (χ2v) is 3.86. The maximum absolute atomic E-state index is 11.3. The normalized spacial score (nSPS) is 12.2. The Kier molecular flexibility index (Phi) is 4.99. The lowest BCUT2D eigenvalue weighted by molar-refractivity contribution is -0.143. The van der Waals surface area contributed by atoms with Gasteiger partial charge in [-0.15, -0.1) is 0 Å². The molecular weight excluding hydrogens is 202 g/mol. The van der Waals surface area contributed by atoms with Crippen molar-refractivity contribution in [2.75, 3.05) is 6.61 Å². The van der Waals surface area contributed by atoms with Gasteiger partial charge in [0.1, 0.15) is 0 Å². The van der Waals surface area contributed by atoms with Crippen LogP contribution in [-0.2, 0) is 16.1 Å². The Bertz CT molecular complexity index is 350. The van der Waals surface area contributed by atoms with Gasteiger partial charge in [-0.3, -0.25) is 4.79 Å². The molecule has 3 heteroatoms. The average Bonchev–Trinajstić information content (AvgIpc) is 2.29. The molecule has 0 amide bonds. The molecule has 1 aromatic rings. The van der Waals surface area contributed by atoms with Crippen LogP contribution in [0.1, 0.15) is 37.3 Å². The van der Waals surface area contributed by atoms with Crippen LogP contribution in [0.5, 0.6) is 0 Å². The molecule has 2 N–H and O–H groups in total. The average molecular weight is 221 g/mol. The number of hydrogen-bond donors (Lipinski definition) is 1. The zero-order valence-electron chi connectivity index (χ0n) is 9.90. The fourth-order valence-electron chi connectivity index (χ4n) is 1.61. The minimum absolute atomic E-state index is 0.145. The van der Waals surface area contributed by atoms with Crippen LogP contribution < -0.4 is 5.73 Å². The van der Waals surface area contributed by atoms with E-state index in [0.29, 0.717) is 19.6 Å². The summed E-state index contributed by atoms with van der Waals surface area (Å²) in [4.78, 5) is 11.3. The molecule has 0 aliphatic carbocycles. The van der Waals surface area contributed by atoms with Crippen molar-refractivity contribution in [2.24, 2.45) is 5.73 Å². The van der Waals surface area contributed by atoms with E-state index in [1.165, 1.54) is 0 Å². The number of hydrogen-bond acceptors (Lipinski definition) is 3. The van der Waals surface area contributed by atoms with Crippen molar-refractivity contribution >= 4 is 5.97 Å². The van der Waals surface area contributed by atoms with E-state index in [2.05, 4.69) is 0 Å². The number of rotatable bonds is 5. The first-order valence-corrected chi connectivity index (χ1v) is 5.62. The van der Waals surface area contributed by atoms with E-state index in [9.17, 15) is 4.79 Å². The molecule has 0 saturated heterocycles. The molecule has 0 aromatic heterocycles. The molecule has 0 saturated carbocycles. The summed E-state index contributed by atoms with van der Waals surface area (Å²) in [5, 5.41) is 0. The van der Waals surface area contributed by atoms with Crippen molar-refractivity contribution in [3.63, 3.8) is 0 Å². The van der Waals surface area contributed by atoms with Crippen molar-refractivity contribution in [2.45, 2.75) is 32.7 Å². The number of esters is 1. The zero-order valence-corrected chi connectivity index (χ0v) is 9.90. The predicted molar refractivity (Wildman–Crippen MR) is 64.0 cm³/mol. The summed E-state index contributed by atoms with van der Waals surface area (Å²) < 4.78 is 4.93. The Labute approximate surface area is 96.6 Å².